The minimum absolute atomic E-state index is 1.08. The highest BCUT2D eigenvalue weighted by Gasteiger charge is 2.19. The van der Waals surface area contributed by atoms with E-state index < -0.39 is 0 Å². The first kappa shape index (κ1) is 43.8. The Balaban J connectivity index is 0.775. The van der Waals surface area contributed by atoms with E-state index in [1.165, 1.54) is 99.5 Å². The molecule has 0 fully saturated rings. The summed E-state index contributed by atoms with van der Waals surface area (Å²) < 4.78 is 4.82. The quantitative estimate of drug-likeness (QED) is 0.133. The summed E-state index contributed by atoms with van der Waals surface area (Å²) in [5.41, 5.74) is 22.2. The zero-order valence-corrected chi connectivity index (χ0v) is 41.1. The van der Waals surface area contributed by atoms with Gasteiger partial charge in [0.25, 0.3) is 0 Å². The molecule has 14 aromatic rings. The minimum Gasteiger partial charge on any atom is -0.310 e. The van der Waals surface area contributed by atoms with Gasteiger partial charge in [0.1, 0.15) is 0 Å². The Bertz CT molecular complexity index is 4020. The Kier molecular flexibility index (Phi) is 10.8. The largest absolute Gasteiger partial charge is 0.310 e. The van der Waals surface area contributed by atoms with Gasteiger partial charge in [0.2, 0.25) is 0 Å². The molecule has 3 nitrogen and oxygen atoms in total. The molecule has 0 amide bonds. The Morgan fingerprint density at radius 3 is 0.920 bits per heavy atom. The predicted molar refractivity (Wildman–Crippen MR) is 317 cm³/mol. The standard InChI is InChI=1S/C72H49N3/c1-2-17-50(18-3-1)57-19-16-20-60(49-57)73(58-45-41-53(42-46-58)51-33-37-55(38-34-51)61-21-4-10-27-67(61)74-69-29-12-6-23-63(69)64-24-7-13-30-70(64)74)59-47-43-54(44-48-59)52-35-39-56(40-36-52)62-22-5-11-28-68(62)75-71-31-14-8-25-65(71)66-26-9-15-32-72(66)75/h1-49H. The Morgan fingerprint density at radius 1 is 0.200 bits per heavy atom. The molecule has 352 valence electrons. The fraction of sp³-hybridized carbons (Fsp3) is 0. The lowest BCUT2D eigenvalue weighted by atomic mass is 9.98. The van der Waals surface area contributed by atoms with Crippen molar-refractivity contribution in [3.63, 3.8) is 0 Å². The van der Waals surface area contributed by atoms with Crippen molar-refractivity contribution in [2.24, 2.45) is 0 Å². The Hall–Kier alpha value is -9.96. The number of aromatic nitrogens is 2. The van der Waals surface area contributed by atoms with Crippen LogP contribution >= 0.6 is 0 Å². The highest BCUT2D eigenvalue weighted by atomic mass is 15.1. The molecule has 0 saturated heterocycles. The van der Waals surface area contributed by atoms with E-state index in [4.69, 9.17) is 0 Å². The molecule has 2 heterocycles. The molecule has 0 aliphatic rings. The maximum Gasteiger partial charge on any atom is 0.0541 e. The molecule has 3 heteroatoms. The van der Waals surface area contributed by atoms with E-state index in [2.05, 4.69) is 311 Å². The normalized spacial score (nSPS) is 11.5. The molecule has 0 bridgehead atoms. The maximum absolute atomic E-state index is 2.41. The van der Waals surface area contributed by atoms with Crippen molar-refractivity contribution in [3.8, 4) is 67.0 Å². The van der Waals surface area contributed by atoms with Crippen LogP contribution in [0.2, 0.25) is 0 Å². The van der Waals surface area contributed by atoms with Gasteiger partial charge in [-0.15, -0.1) is 0 Å². The van der Waals surface area contributed by atoms with Crippen LogP contribution in [0, 0.1) is 0 Å². The van der Waals surface area contributed by atoms with Crippen LogP contribution in [0.3, 0.4) is 0 Å². The monoisotopic (exact) mass is 955 g/mol. The van der Waals surface area contributed by atoms with Gasteiger partial charge in [0, 0.05) is 49.7 Å². The topological polar surface area (TPSA) is 13.1 Å². The van der Waals surface area contributed by atoms with Crippen LogP contribution in [0.4, 0.5) is 17.1 Å². The maximum atomic E-state index is 2.41. The number of benzene rings is 12. The third-order valence-corrected chi connectivity index (χ3v) is 15.0. The van der Waals surface area contributed by atoms with E-state index >= 15 is 0 Å². The van der Waals surface area contributed by atoms with Crippen molar-refractivity contribution >= 4 is 60.7 Å². The van der Waals surface area contributed by atoms with Gasteiger partial charge in [-0.25, -0.2) is 0 Å². The molecule has 0 aliphatic heterocycles. The van der Waals surface area contributed by atoms with E-state index in [0.717, 1.165) is 28.2 Å². The van der Waals surface area contributed by atoms with Gasteiger partial charge in [-0.1, -0.05) is 224 Å². The number of rotatable bonds is 10. The lowest BCUT2D eigenvalue weighted by Crippen LogP contribution is -2.10. The second kappa shape index (κ2) is 18.6. The molecule has 0 N–H and O–H groups in total. The van der Waals surface area contributed by atoms with Crippen LogP contribution in [0.25, 0.3) is 111 Å². The summed E-state index contributed by atoms with van der Waals surface area (Å²) in [6, 6.07) is 108. The van der Waals surface area contributed by atoms with Gasteiger partial charge in [-0.05, 0) is 117 Å². The van der Waals surface area contributed by atoms with Crippen molar-refractivity contribution in [1.82, 2.24) is 9.13 Å². The lowest BCUT2D eigenvalue weighted by molar-refractivity contribution is 1.18. The first-order chi connectivity index (χ1) is 37.2. The zero-order valence-electron chi connectivity index (χ0n) is 41.1. The number of anilines is 3. The third kappa shape index (κ3) is 7.78. The molecular weight excluding hydrogens is 907 g/mol. The molecule has 0 spiro atoms. The summed E-state index contributed by atoms with van der Waals surface area (Å²) in [4.78, 5) is 2.36. The van der Waals surface area contributed by atoms with Gasteiger partial charge in [0.15, 0.2) is 0 Å². The van der Waals surface area contributed by atoms with E-state index in [-0.39, 0.29) is 0 Å². The van der Waals surface area contributed by atoms with Gasteiger partial charge >= 0.3 is 0 Å². The van der Waals surface area contributed by atoms with Crippen LogP contribution in [0.5, 0.6) is 0 Å². The van der Waals surface area contributed by atoms with Crippen LogP contribution in [0.15, 0.2) is 297 Å². The summed E-state index contributed by atoms with van der Waals surface area (Å²) >= 11 is 0. The summed E-state index contributed by atoms with van der Waals surface area (Å²) in [6.07, 6.45) is 0. The fourth-order valence-corrected chi connectivity index (χ4v) is 11.4. The number of hydrogen-bond acceptors (Lipinski definition) is 1. The van der Waals surface area contributed by atoms with E-state index in [9.17, 15) is 0 Å². The summed E-state index contributed by atoms with van der Waals surface area (Å²) in [5, 5.41) is 5.05. The smallest absolute Gasteiger partial charge is 0.0541 e. The van der Waals surface area contributed by atoms with Crippen molar-refractivity contribution < 1.29 is 0 Å². The van der Waals surface area contributed by atoms with E-state index in [0.29, 0.717) is 0 Å². The van der Waals surface area contributed by atoms with Crippen LogP contribution < -0.4 is 4.90 Å². The first-order valence-corrected chi connectivity index (χ1v) is 25.7. The average molecular weight is 956 g/mol. The predicted octanol–water partition coefficient (Wildman–Crippen LogP) is 19.7. The zero-order chi connectivity index (χ0) is 49.7. The summed E-state index contributed by atoms with van der Waals surface area (Å²) in [5.74, 6) is 0. The van der Waals surface area contributed by atoms with Gasteiger partial charge in [-0.2, -0.15) is 0 Å². The molecule has 2 aromatic heterocycles. The molecule has 0 aliphatic carbocycles. The second-order valence-corrected chi connectivity index (χ2v) is 19.3. The minimum atomic E-state index is 1.08. The molecule has 0 atom stereocenters. The second-order valence-electron chi connectivity index (χ2n) is 19.3. The van der Waals surface area contributed by atoms with Crippen LogP contribution in [0.1, 0.15) is 0 Å². The lowest BCUT2D eigenvalue weighted by Gasteiger charge is -2.26. The molecule has 0 radical (unpaired) electrons. The van der Waals surface area contributed by atoms with Crippen molar-refractivity contribution in [2.45, 2.75) is 0 Å². The number of fused-ring (bicyclic) bond motifs is 6. The van der Waals surface area contributed by atoms with Crippen molar-refractivity contribution in [1.29, 1.82) is 0 Å². The van der Waals surface area contributed by atoms with Gasteiger partial charge in [0.05, 0.1) is 33.4 Å². The Labute approximate surface area is 436 Å². The van der Waals surface area contributed by atoms with Crippen LogP contribution in [-0.2, 0) is 0 Å². The van der Waals surface area contributed by atoms with Gasteiger partial charge in [-0.3, -0.25) is 0 Å². The first-order valence-electron chi connectivity index (χ1n) is 25.7. The SMILES string of the molecule is c1ccc(-c2cccc(N(c3ccc(-c4ccc(-c5ccccc5-n5c6ccccc6c6ccccc65)cc4)cc3)c3ccc(-c4ccc(-c5ccccc5-n5c6ccccc6c6ccccc65)cc4)cc3)c2)cc1. The molecule has 0 saturated carbocycles. The summed E-state index contributed by atoms with van der Waals surface area (Å²) in [7, 11) is 0. The highest BCUT2D eigenvalue weighted by Crippen LogP contribution is 2.41. The summed E-state index contributed by atoms with van der Waals surface area (Å²) in [6.45, 7) is 0. The number of nitrogens with zero attached hydrogens (tertiary/aromatic N) is 3. The highest BCUT2D eigenvalue weighted by molar-refractivity contribution is 6.11. The van der Waals surface area contributed by atoms with Crippen molar-refractivity contribution in [2.75, 3.05) is 4.90 Å². The average Bonchev–Trinajstić information content (AvgIpc) is 4.02. The number of para-hydroxylation sites is 6. The Morgan fingerprint density at radius 2 is 0.507 bits per heavy atom. The molecule has 12 aromatic carbocycles. The third-order valence-electron chi connectivity index (χ3n) is 15.0. The molecule has 14 rings (SSSR count). The fourth-order valence-electron chi connectivity index (χ4n) is 11.4. The molecule has 0 unspecified atom stereocenters. The molecule has 75 heavy (non-hydrogen) atoms. The number of hydrogen-bond donors (Lipinski definition) is 0. The molecular formula is C72H49N3. The van der Waals surface area contributed by atoms with E-state index in [1.54, 1.807) is 0 Å². The van der Waals surface area contributed by atoms with Gasteiger partial charge < -0.3 is 14.0 Å². The van der Waals surface area contributed by atoms with Crippen LogP contribution in [-0.4, -0.2) is 9.13 Å². The van der Waals surface area contributed by atoms with E-state index in [1.807, 2.05) is 0 Å². The van der Waals surface area contributed by atoms with Crippen molar-refractivity contribution in [3.05, 3.63) is 297 Å².